The fourth-order valence-electron chi connectivity index (χ4n) is 12.3. The number of allylic oxidation sites excluding steroid dienone is 1. The van der Waals surface area contributed by atoms with Crippen LogP contribution < -0.4 is 64.2 Å². The van der Waals surface area contributed by atoms with Gasteiger partial charge in [0.05, 0.1) is 70.3 Å². The van der Waals surface area contributed by atoms with Crippen molar-refractivity contribution in [3.8, 4) is 0 Å². The second-order valence-corrected chi connectivity index (χ2v) is 32.3. The Balaban J connectivity index is 1.18. The summed E-state index contributed by atoms with van der Waals surface area (Å²) < 4.78 is 6.26. The number of carbonyl (C=O) groups is 12. The number of aliphatic hydroxyl groups excluding tert-OH is 4. The molecule has 0 unspecified atom stereocenters. The summed E-state index contributed by atoms with van der Waals surface area (Å²) in [5, 5.41) is 92.2. The van der Waals surface area contributed by atoms with E-state index < -0.39 is 196 Å². The van der Waals surface area contributed by atoms with Crippen LogP contribution in [0.2, 0.25) is 0 Å². The maximum Gasteiger partial charge on any atom is 0.357 e. The molecule has 4 aliphatic heterocycles. The van der Waals surface area contributed by atoms with Crippen LogP contribution in [0.1, 0.15) is 203 Å². The van der Waals surface area contributed by atoms with E-state index in [9.17, 15) is 68.7 Å². The first-order valence-corrected chi connectivity index (χ1v) is 40.1. The summed E-state index contributed by atoms with van der Waals surface area (Å²) in [6.45, 7) is 24.9. The van der Waals surface area contributed by atoms with Crippen LogP contribution in [0, 0.1) is 5.92 Å². The van der Waals surface area contributed by atoms with Gasteiger partial charge in [0, 0.05) is 32.8 Å². The number of nitrogens with zero attached hydrogens (tertiary/aromatic N) is 7. The van der Waals surface area contributed by atoms with Crippen molar-refractivity contribution in [1.82, 2.24) is 83.4 Å². The summed E-state index contributed by atoms with van der Waals surface area (Å²) in [6.07, 6.45) is -3.18. The number of thiazole rings is 4. The van der Waals surface area contributed by atoms with Crippen LogP contribution >= 0.6 is 57.1 Å². The van der Waals surface area contributed by atoms with Gasteiger partial charge in [-0.25, -0.2) is 29.7 Å². The number of hydrogen-bond donors (Lipinski definition) is 17. The molecule has 0 aromatic carbocycles. The fourth-order valence-corrected chi connectivity index (χ4v) is 17.2. The minimum Gasteiger partial charge on any atom is -0.455 e. The minimum atomic E-state index is -2.21. The van der Waals surface area contributed by atoms with E-state index in [-0.39, 0.29) is 94.7 Å². The second kappa shape index (κ2) is 35.5. The predicted molar refractivity (Wildman–Crippen MR) is 418 cm³/mol. The van der Waals surface area contributed by atoms with Gasteiger partial charge in [0.2, 0.25) is 29.5 Å². The van der Waals surface area contributed by atoms with Crippen LogP contribution in [0.4, 0.5) is 0 Å². The lowest BCUT2D eigenvalue weighted by atomic mass is 9.80. The molecule has 0 fully saturated rings. The van der Waals surface area contributed by atoms with Crippen LogP contribution in [0.15, 0.2) is 92.2 Å². The lowest BCUT2D eigenvalue weighted by Crippen LogP contribution is -2.57. The molecule has 5 aromatic rings. The zero-order chi connectivity index (χ0) is 83.4. The number of pyridine rings is 1. The molecule has 1 aliphatic carbocycles. The summed E-state index contributed by atoms with van der Waals surface area (Å²) in [6, 6.07) is -11.6. The highest BCUT2D eigenvalue weighted by Gasteiger charge is 2.51. The quantitative estimate of drug-likeness (QED) is 0.0606. The van der Waals surface area contributed by atoms with Gasteiger partial charge in [-0.05, 0) is 85.8 Å². The topological polar surface area (TPSA) is 563 Å². The van der Waals surface area contributed by atoms with Gasteiger partial charge in [-0.15, -0.1) is 57.1 Å². The SMILES string of the molecule is C=C(NC(=O)C(=C)NC(=O)c1csc(C2=N[C@@H]3c4csc(n4)[C@H]4NC(=O)c5csc(n5)[C@H]([C@](C)(O)[C@@H](C)O)NC(=O)[C@H]5CSC(=N5)/C(=C/C)NC(=O)[C@H]([C@@H](C)O)NC(=O)c5csc(n5)[C@]3(CC2)NC(=O)[C@@H](C)NC(=O)C(=C)NC(=O)[C@@H](C)NC(=O)[C@H]([C@@H](C)CC)N[C@@H]2C=Cc3c([C@H](C)O)cc(nc3[C@H]2O)C(=O)O[C@@H]4C)n1)C(N)=O. The van der Waals surface area contributed by atoms with Crippen LogP contribution in [-0.2, 0) is 48.6 Å². The molecule has 0 spiro atoms. The van der Waals surface area contributed by atoms with Crippen molar-refractivity contribution >= 4 is 145 Å². The number of aliphatic imine (C=N–C) groups is 2. The number of amides is 11. The van der Waals surface area contributed by atoms with Crippen molar-refractivity contribution in [3.05, 3.63) is 148 Å². The number of nitrogens with one attached hydrogen (secondary N) is 11. The Labute approximate surface area is 671 Å². The molecule has 42 heteroatoms. The molecule has 5 aliphatic rings. The molecule has 0 radical (unpaired) electrons. The molecule has 13 bridgehead atoms. The third-order valence-electron chi connectivity index (χ3n) is 19.5. The van der Waals surface area contributed by atoms with E-state index in [2.05, 4.69) is 98.2 Å². The average Bonchev–Trinajstić information content (AvgIpc) is 1.50. The van der Waals surface area contributed by atoms with Gasteiger partial charge in [0.15, 0.2) is 0 Å². The number of esters is 1. The van der Waals surface area contributed by atoms with E-state index >= 15 is 14.4 Å². The highest BCUT2D eigenvalue weighted by atomic mass is 32.2. The van der Waals surface area contributed by atoms with Gasteiger partial charge in [-0.1, -0.05) is 58.2 Å². The number of thioether (sulfide) groups is 1. The highest BCUT2D eigenvalue weighted by Crippen LogP contribution is 2.48. The standard InChI is InChI=1S/C72H85N19O18S5/c1-14-26(3)47-63(105)78-30(7)57(99)75-28(5)56(98)76-31(8)58(100)91-72-19-18-40(66-85-43(22-111-66)59(101)77-29(6)55(97)74-27(4)54(73)96)81-52(72)42-21-112-67(83-42)49(34(11)109-69(107)41-20-37(32(9)92)36-16-17-39(79-47)51(95)50(36)80-41)89-60(102)44-24-113-68(86-44)53(71(13,108)35(12)94)90-62(104)45-23-110-65(84-45)38(15-2)82-64(106)48(33(10)93)88-61(103)46-25-114-70(72)87-46/h15-17,20-22,24-26,30-35,39,45,47-49,51-53,79,92-95,108H,4-6,14,18-19,23H2,1-3,7-13H3,(H2,73,96)(H,74,97)(H,75,99)(H,76,98)(H,77,101)(H,78,105)(H,82,106)(H,88,103)(H,89,102)(H,90,104)(H,91,100)/b38-15-/t26-,30+,31+,32-,33+,34+,35+,39+,45+,47-,48-,49-,51-,52+,53+,71+,72+/m0/s1. The Kier molecular flexibility index (Phi) is 26.7. The minimum absolute atomic E-state index is 0.0158. The van der Waals surface area contributed by atoms with Crippen molar-refractivity contribution in [2.45, 2.75) is 185 Å². The normalized spacial score (nSPS) is 26.9. The number of rotatable bonds is 12. The molecule has 11 amide bonds. The van der Waals surface area contributed by atoms with Crippen LogP contribution in [0.25, 0.3) is 6.08 Å². The summed E-state index contributed by atoms with van der Waals surface area (Å²) in [7, 11) is 0. The molecular formula is C72H85N19O18S5. The summed E-state index contributed by atoms with van der Waals surface area (Å²) >= 11 is 4.42. The first-order valence-electron chi connectivity index (χ1n) is 35.6. The highest BCUT2D eigenvalue weighted by molar-refractivity contribution is 8.14. The molecule has 0 saturated heterocycles. The van der Waals surface area contributed by atoms with Gasteiger partial charge >= 0.3 is 5.97 Å². The van der Waals surface area contributed by atoms with Gasteiger partial charge in [0.25, 0.3) is 35.4 Å². The second-order valence-electron chi connectivity index (χ2n) is 27.8. The summed E-state index contributed by atoms with van der Waals surface area (Å²) in [5.74, 6) is -12.2. The predicted octanol–water partition coefficient (Wildman–Crippen LogP) is 0.774. The number of aliphatic hydroxyl groups is 5. The monoisotopic (exact) mass is 1660 g/mol. The van der Waals surface area contributed by atoms with Crippen molar-refractivity contribution in [2.24, 2.45) is 21.6 Å². The first kappa shape index (κ1) is 85.9. The Bertz CT molecular complexity index is 4880. The van der Waals surface area contributed by atoms with E-state index in [1.165, 1.54) is 88.2 Å². The third kappa shape index (κ3) is 18.6. The fraction of sp³-hybridized carbons (Fsp3) is 0.431. The number of fused-ring (bicyclic) bond motifs is 7. The number of carbonyl (C=O) groups excluding carboxylic acids is 12. The van der Waals surface area contributed by atoms with Crippen molar-refractivity contribution < 1.29 is 87.8 Å². The van der Waals surface area contributed by atoms with Crippen LogP contribution in [0.3, 0.4) is 0 Å². The molecule has 5 aromatic heterocycles. The maximum atomic E-state index is 15.4. The van der Waals surface area contributed by atoms with E-state index in [4.69, 9.17) is 25.4 Å². The molecule has 17 atom stereocenters. The van der Waals surface area contributed by atoms with Gasteiger partial charge < -0.3 is 89.2 Å². The smallest absolute Gasteiger partial charge is 0.357 e. The molecular weight excluding hydrogens is 1580 g/mol. The van der Waals surface area contributed by atoms with E-state index in [0.717, 1.165) is 57.1 Å². The van der Waals surface area contributed by atoms with Crippen molar-refractivity contribution in [2.75, 3.05) is 5.75 Å². The molecule has 10 rings (SSSR count). The van der Waals surface area contributed by atoms with Crippen molar-refractivity contribution in [1.29, 1.82) is 0 Å². The Morgan fingerprint density at radius 1 is 0.763 bits per heavy atom. The number of aromatic nitrogens is 5. The molecule has 606 valence electrons. The van der Waals surface area contributed by atoms with Gasteiger partial charge in [-0.3, -0.25) is 68.0 Å². The number of primary amides is 1. The molecule has 18 N–H and O–H groups in total. The van der Waals surface area contributed by atoms with E-state index in [1.54, 1.807) is 26.8 Å². The Morgan fingerprint density at radius 2 is 1.45 bits per heavy atom. The zero-order valence-electron chi connectivity index (χ0n) is 63.0. The summed E-state index contributed by atoms with van der Waals surface area (Å²) in [4.78, 5) is 204. The lowest BCUT2D eigenvalue weighted by molar-refractivity contribution is -0.131. The molecule has 0 saturated carbocycles. The van der Waals surface area contributed by atoms with E-state index in [0.29, 0.717) is 6.42 Å². The number of nitrogens with two attached hydrogens (primary N) is 1. The van der Waals surface area contributed by atoms with Crippen LogP contribution in [-0.4, -0.2) is 198 Å². The number of hydrogen-bond acceptors (Lipinski definition) is 31. The van der Waals surface area contributed by atoms with Crippen molar-refractivity contribution in [3.63, 3.8) is 0 Å². The Hall–Kier alpha value is -10.5. The molecule has 37 nitrogen and oxygen atoms in total. The van der Waals surface area contributed by atoms with Gasteiger partial charge in [0.1, 0.15) is 113 Å². The maximum absolute atomic E-state index is 15.4. The summed E-state index contributed by atoms with van der Waals surface area (Å²) in [5.41, 5.74) is -1.79. The number of cyclic esters (lactones) is 1. The lowest BCUT2D eigenvalue weighted by Gasteiger charge is -2.41. The first-order chi connectivity index (χ1) is 53.7. The third-order valence-corrected chi connectivity index (χ3v) is 24.3. The van der Waals surface area contributed by atoms with Crippen LogP contribution in [0.5, 0.6) is 0 Å². The molecule has 9 heterocycles. The van der Waals surface area contributed by atoms with Gasteiger partial charge in [-0.2, -0.15) is 0 Å². The largest absolute Gasteiger partial charge is 0.455 e. The van der Waals surface area contributed by atoms with E-state index in [1.807, 2.05) is 0 Å². The Morgan fingerprint density at radius 3 is 2.12 bits per heavy atom. The average molecular weight is 1660 g/mol. The number of ether oxygens (including phenoxy) is 1. The zero-order valence-corrected chi connectivity index (χ0v) is 67.1. The molecule has 114 heavy (non-hydrogen) atoms.